The van der Waals surface area contributed by atoms with Gasteiger partial charge in [-0.05, 0) is 12.1 Å². The quantitative estimate of drug-likeness (QED) is 0.537. The monoisotopic (exact) mass is 410 g/mol. The minimum atomic E-state index is -0.471. The van der Waals surface area contributed by atoms with Gasteiger partial charge in [0.05, 0.1) is 11.8 Å². The number of hydrazone groups is 1. The van der Waals surface area contributed by atoms with E-state index in [2.05, 4.69) is 15.2 Å². The van der Waals surface area contributed by atoms with Crippen molar-refractivity contribution in [1.82, 2.24) is 15.1 Å². The van der Waals surface area contributed by atoms with Crippen molar-refractivity contribution in [3.8, 4) is 17.1 Å². The molecular weight excluding hydrogens is 392 g/mol. The molecule has 4 aromatic rings. The highest BCUT2D eigenvalue weighted by Crippen LogP contribution is 2.37. The van der Waals surface area contributed by atoms with Crippen LogP contribution in [-0.4, -0.2) is 31.9 Å². The molecule has 2 aromatic carbocycles. The van der Waals surface area contributed by atoms with Gasteiger partial charge in [-0.1, -0.05) is 59.8 Å². The van der Waals surface area contributed by atoms with Gasteiger partial charge >= 0.3 is 0 Å². The summed E-state index contributed by atoms with van der Waals surface area (Å²) in [4.78, 5) is 17.5. The summed E-state index contributed by atoms with van der Waals surface area (Å²) in [5, 5.41) is 20.3. The molecule has 0 spiro atoms. The Labute approximate surface area is 178 Å². The van der Waals surface area contributed by atoms with E-state index in [1.807, 2.05) is 48.5 Å². The third-order valence-corrected chi connectivity index (χ3v) is 5.20. The first-order valence-corrected chi connectivity index (χ1v) is 9.82. The van der Waals surface area contributed by atoms with Crippen molar-refractivity contribution in [2.45, 2.75) is 12.5 Å². The second-order valence-corrected chi connectivity index (χ2v) is 7.16. The molecule has 1 amide bonds. The zero-order valence-electron chi connectivity index (χ0n) is 16.4. The average molecular weight is 410 g/mol. The molecule has 0 saturated heterocycles. The van der Waals surface area contributed by atoms with Crippen LogP contribution in [0.2, 0.25) is 0 Å². The standard InChI is InChI=1S/C24H18N4O3/c29-22-11-5-4-10-18(22)21-13-19(17-9-6-12-25-15-17)26-28(21)24(30)20-14-23(31-27-20)16-7-2-1-3-8-16/h1-12,14-15,21,29H,13H2. The number of nitrogens with zero attached hydrogens (tertiary/aromatic N) is 4. The van der Waals surface area contributed by atoms with Crippen molar-refractivity contribution in [3.63, 3.8) is 0 Å². The lowest BCUT2D eigenvalue weighted by molar-refractivity contribution is 0.0699. The van der Waals surface area contributed by atoms with E-state index >= 15 is 0 Å². The normalized spacial score (nSPS) is 15.7. The SMILES string of the molecule is O=C(c1cc(-c2ccccc2)on1)N1N=C(c2cccnc2)CC1c1ccccc1O. The van der Waals surface area contributed by atoms with Crippen molar-refractivity contribution in [3.05, 3.63) is 102 Å². The maximum Gasteiger partial charge on any atom is 0.296 e. The number of aromatic hydroxyl groups is 1. The summed E-state index contributed by atoms with van der Waals surface area (Å²) in [6.07, 6.45) is 3.83. The minimum Gasteiger partial charge on any atom is -0.508 e. The fourth-order valence-corrected chi connectivity index (χ4v) is 3.65. The molecule has 31 heavy (non-hydrogen) atoms. The fraction of sp³-hybridized carbons (Fsp3) is 0.0833. The van der Waals surface area contributed by atoms with Crippen LogP contribution in [0.3, 0.4) is 0 Å². The molecule has 0 fully saturated rings. The molecule has 5 rings (SSSR count). The van der Waals surface area contributed by atoms with Crippen molar-refractivity contribution in [2.75, 3.05) is 0 Å². The Morgan fingerprint density at radius 3 is 2.55 bits per heavy atom. The summed E-state index contributed by atoms with van der Waals surface area (Å²) in [6.45, 7) is 0. The predicted octanol–water partition coefficient (Wildman–Crippen LogP) is 4.43. The highest BCUT2D eigenvalue weighted by molar-refractivity contribution is 6.04. The highest BCUT2D eigenvalue weighted by atomic mass is 16.5. The number of carbonyl (C=O) groups excluding carboxylic acids is 1. The van der Waals surface area contributed by atoms with Crippen LogP contribution >= 0.6 is 0 Å². The van der Waals surface area contributed by atoms with Crippen LogP contribution in [0.4, 0.5) is 0 Å². The molecule has 7 heteroatoms. The number of hydrogen-bond donors (Lipinski definition) is 1. The number of phenols is 1. The molecule has 0 aliphatic carbocycles. The van der Waals surface area contributed by atoms with E-state index < -0.39 is 11.9 Å². The lowest BCUT2D eigenvalue weighted by Gasteiger charge is -2.21. The largest absolute Gasteiger partial charge is 0.508 e. The summed E-state index contributed by atoms with van der Waals surface area (Å²) < 4.78 is 5.40. The maximum absolute atomic E-state index is 13.4. The minimum absolute atomic E-state index is 0.109. The van der Waals surface area contributed by atoms with E-state index in [9.17, 15) is 9.90 Å². The van der Waals surface area contributed by atoms with Gasteiger partial charge < -0.3 is 9.63 Å². The smallest absolute Gasteiger partial charge is 0.296 e. The molecule has 0 saturated carbocycles. The van der Waals surface area contributed by atoms with Crippen molar-refractivity contribution < 1.29 is 14.4 Å². The molecule has 7 nitrogen and oxygen atoms in total. The Hall–Kier alpha value is -4.26. The number of para-hydroxylation sites is 1. The number of pyridine rings is 1. The number of benzene rings is 2. The molecule has 1 atom stereocenters. The second-order valence-electron chi connectivity index (χ2n) is 7.16. The van der Waals surface area contributed by atoms with Gasteiger partial charge in [0, 0.05) is 41.6 Å². The lowest BCUT2D eigenvalue weighted by Crippen LogP contribution is -2.27. The summed E-state index contributed by atoms with van der Waals surface area (Å²) in [5.74, 6) is 0.204. The van der Waals surface area contributed by atoms with Gasteiger partial charge in [0.15, 0.2) is 11.5 Å². The van der Waals surface area contributed by atoms with Gasteiger partial charge in [-0.15, -0.1) is 0 Å². The zero-order valence-corrected chi connectivity index (χ0v) is 16.4. The average Bonchev–Trinajstić information content (AvgIpc) is 3.48. The molecule has 152 valence electrons. The van der Waals surface area contributed by atoms with E-state index in [1.54, 1.807) is 36.7 Å². The first-order valence-electron chi connectivity index (χ1n) is 9.82. The Morgan fingerprint density at radius 2 is 1.77 bits per heavy atom. The van der Waals surface area contributed by atoms with Crippen LogP contribution in [0, 0.1) is 0 Å². The fourth-order valence-electron chi connectivity index (χ4n) is 3.65. The first kappa shape index (κ1) is 18.7. The number of rotatable bonds is 4. The Bertz CT molecular complexity index is 1250. The van der Waals surface area contributed by atoms with Crippen LogP contribution in [0.1, 0.15) is 34.1 Å². The lowest BCUT2D eigenvalue weighted by atomic mass is 9.98. The molecular formula is C24H18N4O3. The van der Waals surface area contributed by atoms with Gasteiger partial charge in [-0.25, -0.2) is 5.01 Å². The number of carbonyl (C=O) groups is 1. The molecule has 3 heterocycles. The summed E-state index contributed by atoms with van der Waals surface area (Å²) in [6, 6.07) is 21.3. The topological polar surface area (TPSA) is 91.8 Å². The van der Waals surface area contributed by atoms with Crippen molar-refractivity contribution >= 4 is 11.6 Å². The second kappa shape index (κ2) is 7.87. The summed E-state index contributed by atoms with van der Waals surface area (Å²) >= 11 is 0. The predicted molar refractivity (Wildman–Crippen MR) is 114 cm³/mol. The van der Waals surface area contributed by atoms with Gasteiger partial charge in [-0.2, -0.15) is 5.10 Å². The highest BCUT2D eigenvalue weighted by Gasteiger charge is 2.36. The van der Waals surface area contributed by atoms with Crippen molar-refractivity contribution in [1.29, 1.82) is 0 Å². The van der Waals surface area contributed by atoms with Gasteiger partial charge in [-0.3, -0.25) is 9.78 Å². The number of aromatic nitrogens is 2. The van der Waals surface area contributed by atoms with Crippen molar-refractivity contribution in [2.24, 2.45) is 5.10 Å². The Balaban J connectivity index is 1.52. The molecule has 1 aliphatic heterocycles. The van der Waals surface area contributed by atoms with Gasteiger partial charge in [0.2, 0.25) is 0 Å². The van der Waals surface area contributed by atoms with E-state index in [-0.39, 0.29) is 11.4 Å². The van der Waals surface area contributed by atoms with Crippen LogP contribution in [0.25, 0.3) is 11.3 Å². The number of amides is 1. The van der Waals surface area contributed by atoms with E-state index in [1.165, 1.54) is 5.01 Å². The van der Waals surface area contributed by atoms with Crippen LogP contribution in [-0.2, 0) is 0 Å². The number of phenolic OH excluding ortho intramolecular Hbond substituents is 1. The van der Waals surface area contributed by atoms with E-state index in [0.717, 1.165) is 11.1 Å². The Kier molecular flexibility index (Phi) is 4.76. The van der Waals surface area contributed by atoms with Crippen LogP contribution in [0.15, 0.2) is 94.8 Å². The van der Waals surface area contributed by atoms with Gasteiger partial charge in [0.1, 0.15) is 5.75 Å². The zero-order chi connectivity index (χ0) is 21.2. The first-order chi connectivity index (χ1) is 15.2. The summed E-state index contributed by atoms with van der Waals surface area (Å²) in [7, 11) is 0. The van der Waals surface area contributed by atoms with Crippen LogP contribution in [0.5, 0.6) is 5.75 Å². The van der Waals surface area contributed by atoms with Gasteiger partial charge in [0.25, 0.3) is 5.91 Å². The molecule has 0 bridgehead atoms. The third kappa shape index (κ3) is 3.57. The number of hydrogen-bond acceptors (Lipinski definition) is 6. The molecule has 1 aliphatic rings. The maximum atomic E-state index is 13.4. The van der Waals surface area contributed by atoms with E-state index in [0.29, 0.717) is 23.5 Å². The molecule has 0 radical (unpaired) electrons. The summed E-state index contributed by atoms with van der Waals surface area (Å²) in [5.41, 5.74) is 3.12. The molecule has 1 N–H and O–H groups in total. The Morgan fingerprint density at radius 1 is 1.00 bits per heavy atom. The van der Waals surface area contributed by atoms with Crippen LogP contribution < -0.4 is 0 Å². The molecule has 1 unspecified atom stereocenters. The van der Waals surface area contributed by atoms with E-state index in [4.69, 9.17) is 4.52 Å². The molecule has 2 aromatic heterocycles. The third-order valence-electron chi connectivity index (χ3n) is 5.20.